The van der Waals surface area contributed by atoms with Crippen LogP contribution < -0.4 is 0 Å². The summed E-state index contributed by atoms with van der Waals surface area (Å²) in [4.78, 5) is 9.06. The molecule has 0 unspecified atom stereocenters. The first-order valence-electron chi connectivity index (χ1n) is 1.40. The van der Waals surface area contributed by atoms with Crippen LogP contribution in [0, 0.1) is 7.43 Å². The Morgan fingerprint density at radius 3 is 2.14 bits per heavy atom. The van der Waals surface area contributed by atoms with Crippen LogP contribution in [0.5, 0.6) is 0 Å². The van der Waals surface area contributed by atoms with Crippen molar-refractivity contribution >= 4 is 6.47 Å². The van der Waals surface area contributed by atoms with Gasteiger partial charge in [-0.2, -0.15) is 0 Å². The van der Waals surface area contributed by atoms with Crippen LogP contribution in [-0.4, -0.2) is 13.1 Å². The van der Waals surface area contributed by atoms with E-state index >= 15 is 0 Å². The van der Waals surface area contributed by atoms with E-state index in [2.05, 4.69) is 4.74 Å². The standard InChI is InChI=1S/C3H5O2.CH3.Zn/c1-2-5-3-4;;/h2H2,1H3;1H3;/q2*-1;+2. The Bertz CT molecular complexity index is 30.9. The summed E-state index contributed by atoms with van der Waals surface area (Å²) in [6.45, 7) is 3.41. The van der Waals surface area contributed by atoms with Gasteiger partial charge in [0.15, 0.2) is 0 Å². The molecular formula is C4H8O2Zn. The summed E-state index contributed by atoms with van der Waals surface area (Å²) in [7, 11) is 0. The van der Waals surface area contributed by atoms with E-state index in [0.717, 1.165) is 0 Å². The van der Waals surface area contributed by atoms with Crippen LogP contribution >= 0.6 is 0 Å². The van der Waals surface area contributed by atoms with E-state index in [1.54, 1.807) is 6.92 Å². The summed E-state index contributed by atoms with van der Waals surface area (Å²) >= 11 is 0. The predicted molar refractivity (Wildman–Crippen MR) is 23.7 cm³/mol. The molecule has 0 aromatic rings. The maximum Gasteiger partial charge on any atom is 2.00 e. The summed E-state index contributed by atoms with van der Waals surface area (Å²) in [6.07, 6.45) is 0. The fourth-order valence-electron chi connectivity index (χ4n) is 0.0589. The zero-order chi connectivity index (χ0) is 4.12. The van der Waals surface area contributed by atoms with Gasteiger partial charge in [0.2, 0.25) is 0 Å². The van der Waals surface area contributed by atoms with Gasteiger partial charge in [-0.15, -0.1) is 0 Å². The van der Waals surface area contributed by atoms with Crippen molar-refractivity contribution in [2.24, 2.45) is 0 Å². The minimum atomic E-state index is 0. The van der Waals surface area contributed by atoms with Gasteiger partial charge in [0, 0.05) is 6.61 Å². The Kier molecular flexibility index (Phi) is 37.1. The number of rotatable bonds is 2. The van der Waals surface area contributed by atoms with E-state index < -0.39 is 0 Å². The first-order chi connectivity index (χ1) is 2.41. The molecule has 0 fully saturated rings. The second-order valence-electron chi connectivity index (χ2n) is 0.516. The molecule has 0 atom stereocenters. The number of hydrogen-bond donors (Lipinski definition) is 0. The van der Waals surface area contributed by atoms with Gasteiger partial charge in [0.05, 0.1) is 0 Å². The van der Waals surface area contributed by atoms with Crippen molar-refractivity contribution in [2.45, 2.75) is 6.92 Å². The van der Waals surface area contributed by atoms with Crippen molar-refractivity contribution in [1.29, 1.82) is 0 Å². The van der Waals surface area contributed by atoms with Crippen molar-refractivity contribution < 1.29 is 29.0 Å². The summed E-state index contributed by atoms with van der Waals surface area (Å²) in [5, 5.41) is 0. The molecule has 0 aliphatic rings. The fraction of sp³-hybridized carbons (Fsp3) is 0.500. The van der Waals surface area contributed by atoms with E-state index in [1.165, 1.54) is 6.47 Å². The topological polar surface area (TPSA) is 26.3 Å². The molecule has 0 aliphatic carbocycles. The first-order valence-corrected chi connectivity index (χ1v) is 1.40. The number of ether oxygens (including phenoxy) is 1. The summed E-state index contributed by atoms with van der Waals surface area (Å²) in [5.74, 6) is 0. The molecular weight excluding hydrogens is 145 g/mol. The summed E-state index contributed by atoms with van der Waals surface area (Å²) in [5.41, 5.74) is 0. The minimum Gasteiger partial charge on any atom is -0.653 e. The molecule has 0 N–H and O–H groups in total. The fourth-order valence-corrected chi connectivity index (χ4v) is 0.0589. The second kappa shape index (κ2) is 16.5. The molecule has 0 rings (SSSR count). The second-order valence-corrected chi connectivity index (χ2v) is 0.516. The van der Waals surface area contributed by atoms with Gasteiger partial charge in [-0.25, -0.2) is 0 Å². The Labute approximate surface area is 57.0 Å². The molecule has 0 saturated heterocycles. The molecule has 0 spiro atoms. The maximum absolute atomic E-state index is 9.06. The average molecular weight is 153 g/mol. The molecule has 0 saturated carbocycles. The molecule has 0 bridgehead atoms. The molecule has 2 nitrogen and oxygen atoms in total. The van der Waals surface area contributed by atoms with E-state index in [4.69, 9.17) is 4.79 Å². The van der Waals surface area contributed by atoms with Crippen LogP contribution in [0.4, 0.5) is 0 Å². The van der Waals surface area contributed by atoms with E-state index in [-0.39, 0.29) is 26.9 Å². The Morgan fingerprint density at radius 1 is 1.71 bits per heavy atom. The normalized spacial score (nSPS) is 4.71. The summed E-state index contributed by atoms with van der Waals surface area (Å²) in [6, 6.07) is 0. The number of carbonyl (C=O) groups excluding carboxylic acids is 1. The molecule has 38 valence electrons. The summed E-state index contributed by atoms with van der Waals surface area (Å²) < 4.78 is 4.03. The van der Waals surface area contributed by atoms with Crippen LogP contribution in [0.3, 0.4) is 0 Å². The SMILES string of the molecule is CCO[C-]=O.[CH3-].[Zn+2]. The molecule has 0 aromatic carbocycles. The Morgan fingerprint density at radius 2 is 2.14 bits per heavy atom. The molecule has 0 heterocycles. The van der Waals surface area contributed by atoms with Gasteiger partial charge in [-0.3, -0.25) is 0 Å². The maximum atomic E-state index is 9.06. The van der Waals surface area contributed by atoms with Gasteiger partial charge in [-0.1, -0.05) is 6.47 Å². The van der Waals surface area contributed by atoms with Crippen molar-refractivity contribution in [2.75, 3.05) is 6.61 Å². The molecule has 0 aliphatic heterocycles. The van der Waals surface area contributed by atoms with Crippen LogP contribution in [0.1, 0.15) is 6.92 Å². The average Bonchev–Trinajstić information content (AvgIpc) is 1.41. The zero-order valence-electron chi connectivity index (χ0n) is 4.73. The van der Waals surface area contributed by atoms with Crippen molar-refractivity contribution in [3.05, 3.63) is 7.43 Å². The third kappa shape index (κ3) is 23.3. The quantitative estimate of drug-likeness (QED) is 0.428. The van der Waals surface area contributed by atoms with Crippen LogP contribution in [0.25, 0.3) is 0 Å². The molecule has 3 heteroatoms. The van der Waals surface area contributed by atoms with Gasteiger partial charge in [-0.05, 0) is 6.92 Å². The number of hydrogen-bond acceptors (Lipinski definition) is 2. The van der Waals surface area contributed by atoms with Crippen LogP contribution in [0.2, 0.25) is 0 Å². The molecule has 0 aromatic heterocycles. The smallest absolute Gasteiger partial charge is 0.653 e. The minimum absolute atomic E-state index is 0. The Balaban J connectivity index is -0.0000000800. The van der Waals surface area contributed by atoms with Gasteiger partial charge >= 0.3 is 19.5 Å². The monoisotopic (exact) mass is 152 g/mol. The van der Waals surface area contributed by atoms with Crippen molar-refractivity contribution in [3.8, 4) is 0 Å². The van der Waals surface area contributed by atoms with E-state index in [0.29, 0.717) is 6.61 Å². The molecule has 0 radical (unpaired) electrons. The van der Waals surface area contributed by atoms with Crippen LogP contribution in [-0.2, 0) is 29.0 Å². The predicted octanol–water partition coefficient (Wildman–Crippen LogP) is 0.538. The molecule has 0 amide bonds. The van der Waals surface area contributed by atoms with Gasteiger partial charge < -0.3 is 17.0 Å². The van der Waals surface area contributed by atoms with Gasteiger partial charge in [0.1, 0.15) is 0 Å². The van der Waals surface area contributed by atoms with Crippen molar-refractivity contribution in [1.82, 2.24) is 0 Å². The van der Waals surface area contributed by atoms with Gasteiger partial charge in [0.25, 0.3) is 0 Å². The third-order valence-electron chi connectivity index (χ3n) is 0.203. The first kappa shape index (κ1) is 15.7. The Hall–Kier alpha value is 0.0934. The van der Waals surface area contributed by atoms with Crippen molar-refractivity contribution in [3.63, 3.8) is 0 Å². The molecule has 7 heavy (non-hydrogen) atoms. The van der Waals surface area contributed by atoms with E-state index in [1.807, 2.05) is 0 Å². The zero-order valence-corrected chi connectivity index (χ0v) is 7.70. The van der Waals surface area contributed by atoms with E-state index in [9.17, 15) is 0 Å². The van der Waals surface area contributed by atoms with Crippen LogP contribution in [0.15, 0.2) is 0 Å². The third-order valence-corrected chi connectivity index (χ3v) is 0.203. The largest absolute Gasteiger partial charge is 2.00 e.